The van der Waals surface area contributed by atoms with E-state index in [9.17, 15) is 19.8 Å². The number of methoxy groups -OCH3 is 2. The van der Waals surface area contributed by atoms with Crippen molar-refractivity contribution >= 4 is 11.6 Å². The van der Waals surface area contributed by atoms with E-state index in [2.05, 4.69) is 0 Å². The summed E-state index contributed by atoms with van der Waals surface area (Å²) >= 11 is 0. The van der Waals surface area contributed by atoms with Gasteiger partial charge in [-0.2, -0.15) is 0 Å². The highest BCUT2D eigenvalue weighted by molar-refractivity contribution is 6.25. The van der Waals surface area contributed by atoms with Gasteiger partial charge >= 0.3 is 0 Å². The molecule has 0 aromatic rings. The second-order valence-corrected chi connectivity index (χ2v) is 4.24. The molecular weight excluding hydrogens is 284 g/mol. The Morgan fingerprint density at radius 3 is 2.05 bits per heavy atom. The number of rotatable bonds is 2. The molecule has 3 rings (SSSR count). The number of aliphatic hydroxyl groups is 2. The fourth-order valence-corrected chi connectivity index (χ4v) is 2.34. The minimum atomic E-state index is -0.796. The van der Waals surface area contributed by atoms with Crippen LogP contribution < -0.4 is 0 Å². The van der Waals surface area contributed by atoms with Crippen molar-refractivity contribution in [3.8, 4) is 0 Å². The van der Waals surface area contributed by atoms with Crippen molar-refractivity contribution < 1.29 is 38.7 Å². The predicted octanol–water partition coefficient (Wildman–Crippen LogP) is 0.496. The van der Waals surface area contributed by atoms with Crippen molar-refractivity contribution in [1.29, 1.82) is 0 Å². The van der Waals surface area contributed by atoms with E-state index in [1.165, 1.54) is 14.2 Å². The number of fused-ring (bicyclic) bond motifs is 1. The lowest BCUT2D eigenvalue weighted by Crippen LogP contribution is -2.29. The molecule has 0 atom stereocenters. The lowest BCUT2D eigenvalue weighted by Gasteiger charge is -2.24. The van der Waals surface area contributed by atoms with Crippen LogP contribution >= 0.6 is 0 Å². The van der Waals surface area contributed by atoms with Crippen LogP contribution in [-0.4, -0.2) is 42.8 Å². The summed E-state index contributed by atoms with van der Waals surface area (Å²) in [6.07, 6.45) is 0. The van der Waals surface area contributed by atoms with Crippen LogP contribution in [0.3, 0.4) is 0 Å². The Kier molecular flexibility index (Phi) is 2.68. The first-order valence-corrected chi connectivity index (χ1v) is 5.82. The van der Waals surface area contributed by atoms with E-state index in [1.54, 1.807) is 0 Å². The molecule has 1 aliphatic heterocycles. The lowest BCUT2D eigenvalue weighted by molar-refractivity contribution is -0.119. The Bertz CT molecular complexity index is 704. The first-order chi connectivity index (χ1) is 10.0. The molecule has 8 heteroatoms. The number of allylic oxidation sites excluding steroid dienone is 2. The van der Waals surface area contributed by atoms with Crippen LogP contribution in [0, 0.1) is 0 Å². The van der Waals surface area contributed by atoms with Crippen LogP contribution in [0.25, 0.3) is 0 Å². The highest BCUT2D eigenvalue weighted by Gasteiger charge is 2.47. The largest absolute Gasteiger partial charge is 0.504 e. The zero-order valence-electron chi connectivity index (χ0n) is 11.1. The van der Waals surface area contributed by atoms with Gasteiger partial charge in [-0.3, -0.25) is 9.59 Å². The van der Waals surface area contributed by atoms with E-state index in [0.717, 1.165) is 0 Å². The molecule has 21 heavy (non-hydrogen) atoms. The Labute approximate surface area is 118 Å². The van der Waals surface area contributed by atoms with Gasteiger partial charge in [-0.15, -0.1) is 0 Å². The Balaban J connectivity index is 2.32. The van der Waals surface area contributed by atoms with Gasteiger partial charge in [0.25, 0.3) is 0 Å². The van der Waals surface area contributed by atoms with Gasteiger partial charge in [0.1, 0.15) is 0 Å². The molecule has 0 unspecified atom stereocenters. The third-order valence-electron chi connectivity index (χ3n) is 3.25. The molecule has 0 saturated heterocycles. The molecule has 0 radical (unpaired) electrons. The smallest absolute Gasteiger partial charge is 0.236 e. The minimum absolute atomic E-state index is 0.226. The van der Waals surface area contributed by atoms with Crippen LogP contribution in [-0.2, 0) is 28.5 Å². The summed E-state index contributed by atoms with van der Waals surface area (Å²) in [5, 5.41) is 20.3. The van der Waals surface area contributed by atoms with Crippen molar-refractivity contribution in [3.63, 3.8) is 0 Å². The highest BCUT2D eigenvalue weighted by Crippen LogP contribution is 2.41. The first-order valence-electron chi connectivity index (χ1n) is 5.82. The quantitative estimate of drug-likeness (QED) is 0.757. The topological polar surface area (TPSA) is 112 Å². The van der Waals surface area contributed by atoms with Gasteiger partial charge in [0.2, 0.25) is 41.4 Å². The van der Waals surface area contributed by atoms with Crippen LogP contribution in [0.4, 0.5) is 0 Å². The van der Waals surface area contributed by atoms with Gasteiger partial charge in [0, 0.05) is 0 Å². The second kappa shape index (κ2) is 4.30. The lowest BCUT2D eigenvalue weighted by atomic mass is 9.85. The molecule has 0 saturated carbocycles. The minimum Gasteiger partial charge on any atom is -0.504 e. The standard InChI is InChI=1S/C13H10O8/c1-18-10-6(14)4-5(7(15)11(10)19-2)9(17)13-12(8(4)16)20-3-21-13/h14,17H,3H2,1-2H3. The molecule has 0 fully saturated rings. The summed E-state index contributed by atoms with van der Waals surface area (Å²) in [6.45, 7) is -0.266. The number of aliphatic hydroxyl groups excluding tert-OH is 2. The summed E-state index contributed by atoms with van der Waals surface area (Å²) in [6, 6.07) is 0. The van der Waals surface area contributed by atoms with E-state index in [1.807, 2.05) is 0 Å². The van der Waals surface area contributed by atoms with Gasteiger partial charge in [-0.25, -0.2) is 0 Å². The zero-order valence-corrected chi connectivity index (χ0v) is 11.1. The van der Waals surface area contributed by atoms with Crippen molar-refractivity contribution in [3.05, 3.63) is 45.7 Å². The number of hydrogen-bond acceptors (Lipinski definition) is 8. The SMILES string of the molecule is COC1=C(OC)C(O)=C2C(=O)C3=C(OCO3)C(O)=C2C1=O. The first kappa shape index (κ1) is 13.1. The van der Waals surface area contributed by atoms with Gasteiger partial charge in [0.15, 0.2) is 11.5 Å². The molecule has 2 aliphatic carbocycles. The van der Waals surface area contributed by atoms with E-state index in [4.69, 9.17) is 18.9 Å². The Hall–Kier alpha value is -2.90. The highest BCUT2D eigenvalue weighted by atomic mass is 16.7. The normalized spacial score (nSPS) is 21.2. The summed E-state index contributed by atoms with van der Waals surface area (Å²) in [7, 11) is 2.41. The zero-order chi connectivity index (χ0) is 15.3. The molecule has 0 aromatic heterocycles. The van der Waals surface area contributed by atoms with E-state index in [0.29, 0.717) is 0 Å². The van der Waals surface area contributed by atoms with Gasteiger partial charge in [-0.1, -0.05) is 0 Å². The predicted molar refractivity (Wildman–Crippen MR) is 64.4 cm³/mol. The average Bonchev–Trinajstić information content (AvgIpc) is 2.96. The van der Waals surface area contributed by atoms with Crippen LogP contribution in [0.5, 0.6) is 0 Å². The van der Waals surface area contributed by atoms with Gasteiger partial charge in [0.05, 0.1) is 25.4 Å². The molecule has 1 heterocycles. The van der Waals surface area contributed by atoms with E-state index >= 15 is 0 Å². The maximum Gasteiger partial charge on any atom is 0.236 e. The summed E-state index contributed by atoms with van der Waals surface area (Å²) in [4.78, 5) is 24.7. The third-order valence-corrected chi connectivity index (χ3v) is 3.25. The van der Waals surface area contributed by atoms with Gasteiger partial charge in [-0.05, 0) is 0 Å². The third kappa shape index (κ3) is 1.49. The number of ketones is 2. The summed E-state index contributed by atoms with van der Waals surface area (Å²) in [5.41, 5.74) is -0.807. The molecular formula is C13H10O8. The number of ether oxygens (including phenoxy) is 4. The second-order valence-electron chi connectivity index (χ2n) is 4.24. The summed E-state index contributed by atoms with van der Waals surface area (Å²) in [5.74, 6) is -3.86. The summed E-state index contributed by atoms with van der Waals surface area (Å²) < 4.78 is 19.7. The van der Waals surface area contributed by atoms with Crippen molar-refractivity contribution in [2.45, 2.75) is 0 Å². The monoisotopic (exact) mass is 294 g/mol. The molecule has 0 bridgehead atoms. The number of carbonyl (C=O) groups excluding carboxylic acids is 2. The average molecular weight is 294 g/mol. The molecule has 3 aliphatic rings. The number of Topliss-reactive ketones (excluding diaryl/α,β-unsaturated/α-hetero) is 2. The van der Waals surface area contributed by atoms with Gasteiger partial charge < -0.3 is 29.2 Å². The maximum atomic E-state index is 12.4. The fraction of sp³-hybridized carbons (Fsp3) is 0.231. The maximum absolute atomic E-state index is 12.4. The number of carbonyl (C=O) groups is 2. The Morgan fingerprint density at radius 2 is 1.43 bits per heavy atom. The van der Waals surface area contributed by atoms with E-state index < -0.39 is 34.2 Å². The van der Waals surface area contributed by atoms with Crippen molar-refractivity contribution in [2.24, 2.45) is 0 Å². The molecule has 0 amide bonds. The Morgan fingerprint density at radius 1 is 0.857 bits per heavy atom. The van der Waals surface area contributed by atoms with E-state index in [-0.39, 0.29) is 29.8 Å². The van der Waals surface area contributed by atoms with Crippen molar-refractivity contribution in [1.82, 2.24) is 0 Å². The molecule has 0 spiro atoms. The molecule has 0 aromatic carbocycles. The molecule has 110 valence electrons. The molecule has 2 N–H and O–H groups in total. The van der Waals surface area contributed by atoms with Crippen LogP contribution in [0.15, 0.2) is 45.7 Å². The molecule has 8 nitrogen and oxygen atoms in total. The van der Waals surface area contributed by atoms with Crippen LogP contribution in [0.1, 0.15) is 0 Å². The number of hydrogen-bond donors (Lipinski definition) is 2. The van der Waals surface area contributed by atoms with Crippen molar-refractivity contribution in [2.75, 3.05) is 21.0 Å². The fourth-order valence-electron chi connectivity index (χ4n) is 2.34. The van der Waals surface area contributed by atoms with Crippen LogP contribution in [0.2, 0.25) is 0 Å².